The number of anilines is 2. The Kier molecular flexibility index (Phi) is 9.57. The monoisotopic (exact) mass is 700 g/mol. The number of carbonyl (C=O) groups excluding carboxylic acids is 4. The number of rotatable bonds is 8. The van der Waals surface area contributed by atoms with Gasteiger partial charge in [0.05, 0.1) is 11.4 Å². The molecule has 248 valence electrons. The number of nitrogens with one attached hydrogen (secondary N) is 2. The van der Waals surface area contributed by atoms with E-state index in [0.717, 1.165) is 60.7 Å². The zero-order valence-electron chi connectivity index (χ0n) is 23.6. The Balaban J connectivity index is 1.64. The number of benzene rings is 2. The van der Waals surface area contributed by atoms with Gasteiger partial charge in [0.2, 0.25) is 11.6 Å². The maximum Gasteiger partial charge on any atom is 0.295 e. The molecule has 0 aromatic heterocycles. The van der Waals surface area contributed by atoms with Crippen LogP contribution in [0.3, 0.4) is 0 Å². The molecule has 20 heteroatoms. The number of hydrazone groups is 2. The minimum Gasteiger partial charge on any atom is -0.480 e. The summed E-state index contributed by atoms with van der Waals surface area (Å²) in [6.07, 6.45) is 5.77. The second kappa shape index (κ2) is 13.3. The SMILES string of the molecule is O=C1C=CC(=NNc2ccc(C=Cc3ccc(NN=C4C=CC(=O)C(=C(O)O)C4=O)cc3S(=O)(=O)O)c(S(=O)(=O)O)c2)C(=O)C1=C(O)O. The van der Waals surface area contributed by atoms with Crippen molar-refractivity contribution in [1.29, 1.82) is 0 Å². The highest BCUT2D eigenvalue weighted by molar-refractivity contribution is 7.86. The molecule has 0 radical (unpaired) electrons. The fraction of sp³-hybridized carbons (Fsp3) is 0. The van der Waals surface area contributed by atoms with Gasteiger partial charge in [0.1, 0.15) is 21.2 Å². The van der Waals surface area contributed by atoms with E-state index >= 15 is 0 Å². The van der Waals surface area contributed by atoms with E-state index in [1.54, 1.807) is 0 Å². The van der Waals surface area contributed by atoms with Gasteiger partial charge >= 0.3 is 0 Å². The van der Waals surface area contributed by atoms with Crippen LogP contribution in [0.15, 0.2) is 104 Å². The molecule has 4 rings (SSSR count). The molecule has 8 N–H and O–H groups in total. The molecule has 2 aromatic rings. The van der Waals surface area contributed by atoms with Crippen molar-refractivity contribution >= 4 is 78.3 Å². The molecule has 0 saturated heterocycles. The van der Waals surface area contributed by atoms with Crippen LogP contribution in [0, 0.1) is 0 Å². The summed E-state index contributed by atoms with van der Waals surface area (Å²) in [6.45, 7) is 0. The van der Waals surface area contributed by atoms with Gasteiger partial charge in [0, 0.05) is 0 Å². The Labute approximate surface area is 269 Å². The van der Waals surface area contributed by atoms with E-state index in [4.69, 9.17) is 0 Å². The normalized spacial score (nSPS) is 17.1. The number of aliphatic hydroxyl groups is 4. The van der Waals surface area contributed by atoms with Crippen LogP contribution >= 0.6 is 0 Å². The number of nitrogens with zero attached hydrogens (tertiary/aromatic N) is 2. The molecule has 48 heavy (non-hydrogen) atoms. The van der Waals surface area contributed by atoms with Gasteiger partial charge in [-0.25, -0.2) is 0 Å². The lowest BCUT2D eigenvalue weighted by molar-refractivity contribution is -0.118. The molecular weight excluding hydrogens is 680 g/mol. The van der Waals surface area contributed by atoms with E-state index in [1.165, 1.54) is 12.1 Å². The van der Waals surface area contributed by atoms with Crippen molar-refractivity contribution in [3.05, 3.63) is 94.9 Å². The third-order valence-corrected chi connectivity index (χ3v) is 8.10. The fourth-order valence-corrected chi connectivity index (χ4v) is 5.49. The molecule has 0 aliphatic heterocycles. The zero-order valence-corrected chi connectivity index (χ0v) is 25.2. The molecule has 18 nitrogen and oxygen atoms in total. The summed E-state index contributed by atoms with van der Waals surface area (Å²) in [7, 11) is -9.88. The molecule has 0 atom stereocenters. The number of aliphatic hydroxyl groups excluding tert-OH is 2. The van der Waals surface area contributed by atoms with Gasteiger partial charge in [-0.2, -0.15) is 27.0 Å². The zero-order chi connectivity index (χ0) is 35.6. The van der Waals surface area contributed by atoms with Crippen molar-refractivity contribution in [1.82, 2.24) is 0 Å². The van der Waals surface area contributed by atoms with E-state index < -0.39 is 87.6 Å². The second-order valence-electron chi connectivity index (χ2n) is 9.46. The molecule has 0 amide bonds. The van der Waals surface area contributed by atoms with Crippen LogP contribution in [0.4, 0.5) is 11.4 Å². The van der Waals surface area contributed by atoms with Crippen LogP contribution in [0.1, 0.15) is 11.1 Å². The second-order valence-corrected chi connectivity index (χ2v) is 12.2. The quantitative estimate of drug-likeness (QED) is 0.0487. The first kappa shape index (κ1) is 34.6. The topological polar surface area (TPSA) is 307 Å². The molecule has 2 aliphatic rings. The summed E-state index contributed by atoms with van der Waals surface area (Å²) in [4.78, 5) is 46.6. The predicted octanol–water partition coefficient (Wildman–Crippen LogP) is 1.96. The van der Waals surface area contributed by atoms with E-state index in [1.807, 2.05) is 0 Å². The average Bonchev–Trinajstić information content (AvgIpc) is 2.98. The fourth-order valence-electron chi connectivity index (χ4n) is 4.07. The Bertz CT molecular complexity index is 2080. The molecule has 0 spiro atoms. The summed E-state index contributed by atoms with van der Waals surface area (Å²) in [5, 5.41) is 44.2. The number of hydrogen-bond donors (Lipinski definition) is 8. The van der Waals surface area contributed by atoms with Gasteiger partial charge in [-0.05, 0) is 59.7 Å². The van der Waals surface area contributed by atoms with Crippen LogP contribution in [0.2, 0.25) is 0 Å². The Morgan fingerprint density at radius 3 is 1.25 bits per heavy atom. The number of hydrogen-bond acceptors (Lipinski definition) is 16. The van der Waals surface area contributed by atoms with Crippen LogP contribution in [-0.4, -0.2) is 80.9 Å². The number of Topliss-reactive ketones (excluding diaryl/α,β-unsaturated/α-hetero) is 2. The van der Waals surface area contributed by atoms with Crippen molar-refractivity contribution < 1.29 is 65.5 Å². The summed E-state index contributed by atoms with van der Waals surface area (Å²) >= 11 is 0. The van der Waals surface area contributed by atoms with Crippen LogP contribution in [-0.2, 0) is 39.4 Å². The van der Waals surface area contributed by atoms with E-state index in [-0.39, 0.29) is 22.5 Å². The predicted molar refractivity (Wildman–Crippen MR) is 166 cm³/mol. The van der Waals surface area contributed by atoms with E-state index in [9.17, 15) is 65.5 Å². The minimum atomic E-state index is -4.94. The highest BCUT2D eigenvalue weighted by atomic mass is 32.2. The van der Waals surface area contributed by atoms with Crippen molar-refractivity contribution in [2.75, 3.05) is 10.9 Å². The van der Waals surface area contributed by atoms with Crippen molar-refractivity contribution in [2.24, 2.45) is 10.2 Å². The Morgan fingerprint density at radius 1 is 0.583 bits per heavy atom. The van der Waals surface area contributed by atoms with Crippen molar-refractivity contribution in [3.63, 3.8) is 0 Å². The maximum atomic E-state index is 12.3. The largest absolute Gasteiger partial charge is 0.480 e. The Morgan fingerprint density at radius 2 is 0.938 bits per heavy atom. The highest BCUT2D eigenvalue weighted by Gasteiger charge is 2.30. The van der Waals surface area contributed by atoms with Crippen molar-refractivity contribution in [2.45, 2.75) is 9.79 Å². The number of carbonyl (C=O) groups is 4. The molecule has 0 unspecified atom stereocenters. The van der Waals surface area contributed by atoms with Gasteiger partial charge < -0.3 is 20.4 Å². The highest BCUT2D eigenvalue weighted by Crippen LogP contribution is 2.27. The summed E-state index contributed by atoms with van der Waals surface area (Å²) in [5.74, 6) is -7.29. The third kappa shape index (κ3) is 7.59. The van der Waals surface area contributed by atoms with Gasteiger partial charge in [0.15, 0.2) is 22.7 Å². The number of ketones is 4. The standard InChI is InChI=1S/C28H20N4O14S2/c33-19-9-7-17(25(35)23(19)27(37)38)31-29-15-5-3-13(21(11-15)47(41,42)43)1-2-14-4-6-16(12-22(14)48(44,45)46)30-32-18-8-10-20(34)24(26(18)36)28(39)40/h1-12,29-30,37-40H,(H,41,42,43)(H,44,45,46). The molecule has 0 fully saturated rings. The first-order valence-electron chi connectivity index (χ1n) is 12.8. The Hall–Kier alpha value is -6.22. The van der Waals surface area contributed by atoms with Gasteiger partial charge in [0.25, 0.3) is 32.1 Å². The summed E-state index contributed by atoms with van der Waals surface area (Å²) < 4.78 is 68.3. The van der Waals surface area contributed by atoms with Crippen LogP contribution in [0.5, 0.6) is 0 Å². The molecule has 2 aliphatic carbocycles. The third-order valence-electron chi connectivity index (χ3n) is 6.28. The average molecular weight is 701 g/mol. The lowest BCUT2D eigenvalue weighted by Crippen LogP contribution is -2.26. The lowest BCUT2D eigenvalue weighted by atomic mass is 9.97. The first-order valence-corrected chi connectivity index (χ1v) is 15.6. The lowest BCUT2D eigenvalue weighted by Gasteiger charge is -2.11. The van der Waals surface area contributed by atoms with Gasteiger partial charge in [-0.15, -0.1) is 0 Å². The number of allylic oxidation sites excluding steroid dienone is 6. The van der Waals surface area contributed by atoms with Gasteiger partial charge in [-0.3, -0.25) is 39.1 Å². The van der Waals surface area contributed by atoms with E-state index in [2.05, 4.69) is 21.1 Å². The maximum absolute atomic E-state index is 12.3. The first-order chi connectivity index (χ1) is 22.4. The molecule has 0 heterocycles. The van der Waals surface area contributed by atoms with Crippen molar-refractivity contribution in [3.8, 4) is 0 Å². The summed E-state index contributed by atoms with van der Waals surface area (Å²) in [6, 6.07) is 6.57. The van der Waals surface area contributed by atoms with Gasteiger partial charge in [-0.1, -0.05) is 24.3 Å². The molecule has 0 bridgehead atoms. The molecule has 0 saturated carbocycles. The summed E-state index contributed by atoms with van der Waals surface area (Å²) in [5.41, 5.74) is 1.30. The minimum absolute atomic E-state index is 0.104. The molecular formula is C28H20N4O14S2. The van der Waals surface area contributed by atoms with Crippen LogP contribution in [0.25, 0.3) is 12.2 Å². The van der Waals surface area contributed by atoms with Crippen LogP contribution < -0.4 is 10.9 Å². The molecule has 2 aromatic carbocycles. The van der Waals surface area contributed by atoms with E-state index in [0.29, 0.717) is 0 Å². The smallest absolute Gasteiger partial charge is 0.295 e.